The number of anilines is 2. The molecular formula is C7H13N5. The summed E-state index contributed by atoms with van der Waals surface area (Å²) in [6, 6.07) is 1.83. The van der Waals surface area contributed by atoms with Gasteiger partial charge in [-0.1, -0.05) is 0 Å². The molecule has 0 aliphatic heterocycles. The van der Waals surface area contributed by atoms with E-state index in [4.69, 9.17) is 5.73 Å². The van der Waals surface area contributed by atoms with Crippen LogP contribution in [-0.2, 0) is 0 Å². The lowest BCUT2D eigenvalue weighted by Crippen LogP contribution is -2.20. The van der Waals surface area contributed by atoms with E-state index in [9.17, 15) is 0 Å². The largest absolute Gasteiger partial charge is 0.368 e. The van der Waals surface area contributed by atoms with Crippen LogP contribution in [0.1, 0.15) is 5.69 Å². The van der Waals surface area contributed by atoms with E-state index < -0.39 is 0 Å². The van der Waals surface area contributed by atoms with E-state index in [1.54, 1.807) is 5.01 Å². The van der Waals surface area contributed by atoms with E-state index >= 15 is 0 Å². The molecule has 0 aliphatic rings. The Kier molecular flexibility index (Phi) is 2.44. The number of aromatic nitrogens is 2. The molecule has 5 nitrogen and oxygen atoms in total. The second-order valence-electron chi connectivity index (χ2n) is 2.76. The smallest absolute Gasteiger partial charge is 0.222 e. The van der Waals surface area contributed by atoms with Gasteiger partial charge in [0.25, 0.3) is 0 Å². The summed E-state index contributed by atoms with van der Waals surface area (Å²) in [6.45, 7) is 1.87. The highest BCUT2D eigenvalue weighted by Crippen LogP contribution is 2.06. The van der Waals surface area contributed by atoms with Crippen LogP contribution >= 0.6 is 0 Å². The number of hydrogen-bond acceptors (Lipinski definition) is 5. The number of nitrogen functional groups attached to an aromatic ring is 1. The van der Waals surface area contributed by atoms with Crippen molar-refractivity contribution >= 4 is 11.8 Å². The third-order valence-electron chi connectivity index (χ3n) is 1.21. The van der Waals surface area contributed by atoms with Gasteiger partial charge in [-0.3, -0.25) is 0 Å². The van der Waals surface area contributed by atoms with Gasteiger partial charge in [0.05, 0.1) is 0 Å². The molecule has 0 fully saturated rings. The third-order valence-corrected chi connectivity index (χ3v) is 1.21. The summed E-state index contributed by atoms with van der Waals surface area (Å²) in [5.74, 6) is 1.00. The summed E-state index contributed by atoms with van der Waals surface area (Å²) in [5.41, 5.74) is 9.30. The fourth-order valence-electron chi connectivity index (χ4n) is 0.878. The maximum Gasteiger partial charge on any atom is 0.222 e. The van der Waals surface area contributed by atoms with Gasteiger partial charge >= 0.3 is 0 Å². The van der Waals surface area contributed by atoms with E-state index in [-0.39, 0.29) is 0 Å². The number of hydrogen-bond donors (Lipinski definition) is 2. The normalized spacial score (nSPS) is 10.3. The maximum atomic E-state index is 5.45. The average Bonchev–Trinajstić information content (AvgIpc) is 1.81. The van der Waals surface area contributed by atoms with Crippen LogP contribution in [0.3, 0.4) is 0 Å². The molecule has 0 radical (unpaired) electrons. The zero-order valence-corrected chi connectivity index (χ0v) is 7.50. The minimum atomic E-state index is 0.291. The van der Waals surface area contributed by atoms with Gasteiger partial charge in [-0.2, -0.15) is 4.98 Å². The fourth-order valence-corrected chi connectivity index (χ4v) is 0.878. The second-order valence-corrected chi connectivity index (χ2v) is 2.76. The Morgan fingerprint density at radius 2 is 2.08 bits per heavy atom. The van der Waals surface area contributed by atoms with Crippen LogP contribution in [0.2, 0.25) is 0 Å². The zero-order valence-electron chi connectivity index (χ0n) is 7.50. The summed E-state index contributed by atoms with van der Waals surface area (Å²) in [5, 5.41) is 1.79. The van der Waals surface area contributed by atoms with Gasteiger partial charge in [0, 0.05) is 25.9 Å². The molecular weight excluding hydrogens is 154 g/mol. The molecule has 0 spiro atoms. The summed E-state index contributed by atoms with van der Waals surface area (Å²) in [4.78, 5) is 7.94. The molecule has 1 heterocycles. The number of aryl methyl sites for hydroxylation is 1. The lowest BCUT2D eigenvalue weighted by Gasteiger charge is -2.12. The first-order valence-electron chi connectivity index (χ1n) is 3.63. The molecule has 3 N–H and O–H groups in total. The minimum absolute atomic E-state index is 0.291. The highest BCUT2D eigenvalue weighted by atomic mass is 15.5. The van der Waals surface area contributed by atoms with Crippen molar-refractivity contribution in [3.8, 4) is 0 Å². The molecule has 0 atom stereocenters. The molecule has 12 heavy (non-hydrogen) atoms. The average molecular weight is 167 g/mol. The van der Waals surface area contributed by atoms with Gasteiger partial charge in [0.15, 0.2) is 0 Å². The Labute approximate surface area is 71.6 Å². The number of rotatable bonds is 2. The highest BCUT2D eigenvalue weighted by Gasteiger charge is 1.98. The Bertz CT molecular complexity index is 250. The summed E-state index contributed by atoms with van der Waals surface area (Å²) in [6.07, 6.45) is 0. The van der Waals surface area contributed by atoms with Gasteiger partial charge in [0.1, 0.15) is 5.82 Å². The predicted octanol–water partition coefficient (Wildman–Crippen LogP) is 0.256. The van der Waals surface area contributed by atoms with E-state index in [1.807, 2.05) is 27.1 Å². The lowest BCUT2D eigenvalue weighted by molar-refractivity contribution is 0.492. The van der Waals surface area contributed by atoms with Crippen molar-refractivity contribution in [2.45, 2.75) is 6.92 Å². The second kappa shape index (κ2) is 3.36. The number of nitrogens with two attached hydrogens (primary N) is 1. The number of nitrogens with one attached hydrogen (secondary N) is 1. The van der Waals surface area contributed by atoms with Gasteiger partial charge in [-0.25, -0.2) is 9.99 Å². The Morgan fingerprint density at radius 3 is 2.58 bits per heavy atom. The first kappa shape index (κ1) is 8.73. The summed E-state index contributed by atoms with van der Waals surface area (Å²) >= 11 is 0. The first-order chi connectivity index (χ1) is 5.58. The molecule has 5 heteroatoms. The van der Waals surface area contributed by atoms with Crippen LogP contribution in [0.4, 0.5) is 11.8 Å². The van der Waals surface area contributed by atoms with Crippen molar-refractivity contribution < 1.29 is 0 Å². The van der Waals surface area contributed by atoms with E-state index in [1.165, 1.54) is 0 Å². The molecule has 0 unspecified atom stereocenters. The van der Waals surface area contributed by atoms with Crippen LogP contribution in [0.5, 0.6) is 0 Å². The SMILES string of the molecule is Cc1cc(NN(C)C)nc(N)n1. The van der Waals surface area contributed by atoms with Crippen molar-refractivity contribution in [2.24, 2.45) is 0 Å². The van der Waals surface area contributed by atoms with Gasteiger partial charge in [-0.15, -0.1) is 0 Å². The van der Waals surface area contributed by atoms with Crippen LogP contribution in [0.25, 0.3) is 0 Å². The molecule has 0 amide bonds. The van der Waals surface area contributed by atoms with Gasteiger partial charge in [0.2, 0.25) is 5.95 Å². The van der Waals surface area contributed by atoms with Gasteiger partial charge in [-0.05, 0) is 6.92 Å². The molecule has 1 rings (SSSR count). The van der Waals surface area contributed by atoms with Crippen molar-refractivity contribution in [3.05, 3.63) is 11.8 Å². The third kappa shape index (κ3) is 2.35. The van der Waals surface area contributed by atoms with Crippen molar-refractivity contribution in [1.82, 2.24) is 15.0 Å². The molecule has 0 saturated carbocycles. The highest BCUT2D eigenvalue weighted by molar-refractivity contribution is 5.39. The Balaban J connectivity index is 2.85. The fraction of sp³-hybridized carbons (Fsp3) is 0.429. The van der Waals surface area contributed by atoms with Crippen LogP contribution in [-0.4, -0.2) is 29.1 Å². The van der Waals surface area contributed by atoms with Crippen molar-refractivity contribution in [3.63, 3.8) is 0 Å². The van der Waals surface area contributed by atoms with E-state index in [0.29, 0.717) is 11.8 Å². The van der Waals surface area contributed by atoms with Gasteiger partial charge < -0.3 is 11.2 Å². The molecule has 1 aromatic heterocycles. The lowest BCUT2D eigenvalue weighted by atomic mass is 10.4. The quantitative estimate of drug-likeness (QED) is 0.618. The molecule has 0 bridgehead atoms. The first-order valence-corrected chi connectivity index (χ1v) is 3.63. The Morgan fingerprint density at radius 1 is 1.42 bits per heavy atom. The topological polar surface area (TPSA) is 67.1 Å². The monoisotopic (exact) mass is 167 g/mol. The Hall–Kier alpha value is -1.36. The van der Waals surface area contributed by atoms with Crippen LogP contribution in [0.15, 0.2) is 6.07 Å². The number of hydrazine groups is 1. The van der Waals surface area contributed by atoms with E-state index in [0.717, 1.165) is 5.69 Å². The molecule has 66 valence electrons. The molecule has 0 aromatic carbocycles. The summed E-state index contributed by atoms with van der Waals surface area (Å²) < 4.78 is 0. The van der Waals surface area contributed by atoms with Crippen molar-refractivity contribution in [1.29, 1.82) is 0 Å². The van der Waals surface area contributed by atoms with E-state index in [2.05, 4.69) is 15.4 Å². The maximum absolute atomic E-state index is 5.45. The molecule has 0 aliphatic carbocycles. The molecule has 0 saturated heterocycles. The number of nitrogens with zero attached hydrogens (tertiary/aromatic N) is 3. The predicted molar refractivity (Wildman–Crippen MR) is 48.5 cm³/mol. The van der Waals surface area contributed by atoms with Crippen LogP contribution in [0, 0.1) is 6.92 Å². The van der Waals surface area contributed by atoms with Crippen molar-refractivity contribution in [2.75, 3.05) is 25.3 Å². The standard InChI is InChI=1S/C7H13N5/c1-5-4-6(11-12(2)3)10-7(8)9-5/h4H,1-3H3,(H3,8,9,10,11). The summed E-state index contributed by atoms with van der Waals surface area (Å²) in [7, 11) is 3.77. The zero-order chi connectivity index (χ0) is 9.14. The minimum Gasteiger partial charge on any atom is -0.368 e. The van der Waals surface area contributed by atoms with Crippen LogP contribution < -0.4 is 11.2 Å². The molecule has 1 aromatic rings.